The van der Waals surface area contributed by atoms with Gasteiger partial charge in [0, 0.05) is 35.4 Å². The van der Waals surface area contributed by atoms with Crippen molar-refractivity contribution in [3.63, 3.8) is 0 Å². The topological polar surface area (TPSA) is 43.4 Å². The fourth-order valence-corrected chi connectivity index (χ4v) is 2.73. The van der Waals surface area contributed by atoms with Crippen LogP contribution in [-0.4, -0.2) is 37.2 Å². The van der Waals surface area contributed by atoms with Crippen LogP contribution in [0.2, 0.25) is 0 Å². The predicted octanol–water partition coefficient (Wildman–Crippen LogP) is 0.218. The van der Waals surface area contributed by atoms with Gasteiger partial charge < -0.3 is 4.55 Å². The molecule has 1 heterocycles. The predicted molar refractivity (Wildman–Crippen MR) is 42.4 cm³/mol. The van der Waals surface area contributed by atoms with E-state index in [2.05, 4.69) is 0 Å². The van der Waals surface area contributed by atoms with Gasteiger partial charge in [-0.15, -0.1) is 0 Å². The van der Waals surface area contributed by atoms with Gasteiger partial charge in [0.15, 0.2) is 0 Å². The van der Waals surface area contributed by atoms with Crippen molar-refractivity contribution in [2.45, 2.75) is 12.2 Å². The van der Waals surface area contributed by atoms with Gasteiger partial charge >= 0.3 is 0 Å². The van der Waals surface area contributed by atoms with Crippen molar-refractivity contribution in [1.29, 1.82) is 0 Å². The molecule has 0 amide bonds. The van der Waals surface area contributed by atoms with Gasteiger partial charge in [0.05, 0.1) is 0 Å². The van der Waals surface area contributed by atoms with E-state index in [1.165, 1.54) is 4.31 Å². The summed E-state index contributed by atoms with van der Waals surface area (Å²) in [6.07, 6.45) is 0. The Morgan fingerprint density at radius 3 is 2.90 bits per heavy atom. The standard InChI is InChI=1S/C5H11NO2S2/c1-5-4-6(10(7)8)2-3-9-5/h5H,2-4H2,1H3,(H,7,8)/p-1. The molecule has 0 aromatic heterocycles. The molecule has 3 nitrogen and oxygen atoms in total. The van der Waals surface area contributed by atoms with E-state index in [0.29, 0.717) is 18.3 Å². The third-order valence-electron chi connectivity index (χ3n) is 1.41. The van der Waals surface area contributed by atoms with Crippen LogP contribution in [0.3, 0.4) is 0 Å². The van der Waals surface area contributed by atoms with Crippen molar-refractivity contribution >= 4 is 23.0 Å². The first kappa shape index (κ1) is 8.52. The van der Waals surface area contributed by atoms with Crippen molar-refractivity contribution < 1.29 is 8.76 Å². The van der Waals surface area contributed by atoms with Crippen LogP contribution < -0.4 is 0 Å². The van der Waals surface area contributed by atoms with Gasteiger partial charge in [-0.25, -0.2) is 4.31 Å². The fraction of sp³-hybridized carbons (Fsp3) is 1.00. The monoisotopic (exact) mass is 180 g/mol. The van der Waals surface area contributed by atoms with E-state index in [4.69, 9.17) is 0 Å². The van der Waals surface area contributed by atoms with Crippen molar-refractivity contribution in [2.75, 3.05) is 18.8 Å². The molecule has 0 aliphatic carbocycles. The highest BCUT2D eigenvalue weighted by Crippen LogP contribution is 2.17. The molecule has 10 heavy (non-hydrogen) atoms. The first-order valence-electron chi connectivity index (χ1n) is 3.16. The molecule has 1 rings (SSSR count). The molecule has 60 valence electrons. The maximum absolute atomic E-state index is 10.4. The highest BCUT2D eigenvalue weighted by molar-refractivity contribution is 8.00. The molecule has 1 aliphatic heterocycles. The van der Waals surface area contributed by atoms with Crippen LogP contribution in [0.1, 0.15) is 6.92 Å². The second kappa shape index (κ2) is 3.71. The lowest BCUT2D eigenvalue weighted by Crippen LogP contribution is -2.37. The molecular formula is C5H10NO2S2-. The number of hydrogen-bond acceptors (Lipinski definition) is 3. The smallest absolute Gasteiger partial charge is 0.0219 e. The summed E-state index contributed by atoms with van der Waals surface area (Å²) in [6, 6.07) is 0. The molecule has 1 aliphatic rings. The Balaban J connectivity index is 2.39. The third-order valence-corrected chi connectivity index (χ3v) is 3.30. The summed E-state index contributed by atoms with van der Waals surface area (Å²) < 4.78 is 22.3. The van der Waals surface area contributed by atoms with Gasteiger partial charge in [0.25, 0.3) is 0 Å². The van der Waals surface area contributed by atoms with Crippen LogP contribution in [0.25, 0.3) is 0 Å². The molecule has 0 aromatic carbocycles. The van der Waals surface area contributed by atoms with Gasteiger partial charge in [-0.1, -0.05) is 6.92 Å². The molecular weight excluding hydrogens is 170 g/mol. The Hall–Kier alpha value is 0.420. The van der Waals surface area contributed by atoms with E-state index in [9.17, 15) is 8.76 Å². The molecule has 2 atom stereocenters. The zero-order valence-corrected chi connectivity index (χ0v) is 7.41. The van der Waals surface area contributed by atoms with E-state index in [1.807, 2.05) is 18.7 Å². The quantitative estimate of drug-likeness (QED) is 0.542. The Morgan fingerprint density at radius 2 is 2.50 bits per heavy atom. The maximum atomic E-state index is 10.4. The van der Waals surface area contributed by atoms with E-state index in [1.54, 1.807) is 0 Å². The van der Waals surface area contributed by atoms with E-state index < -0.39 is 11.3 Å². The molecule has 2 unspecified atom stereocenters. The number of nitrogens with zero attached hydrogens (tertiary/aromatic N) is 1. The van der Waals surface area contributed by atoms with Gasteiger partial charge in [-0.05, 0) is 0 Å². The van der Waals surface area contributed by atoms with Gasteiger partial charge in [0.1, 0.15) is 0 Å². The minimum atomic E-state index is -2.00. The lowest BCUT2D eigenvalue weighted by Gasteiger charge is -2.31. The molecule has 0 aromatic rings. The van der Waals surface area contributed by atoms with Crippen molar-refractivity contribution in [2.24, 2.45) is 0 Å². The van der Waals surface area contributed by atoms with Crippen molar-refractivity contribution in [1.82, 2.24) is 4.31 Å². The summed E-state index contributed by atoms with van der Waals surface area (Å²) in [5.41, 5.74) is 0. The molecule has 0 N–H and O–H groups in total. The van der Waals surface area contributed by atoms with Crippen LogP contribution in [0.5, 0.6) is 0 Å². The minimum Gasteiger partial charge on any atom is -0.760 e. The summed E-state index contributed by atoms with van der Waals surface area (Å²) in [4.78, 5) is 0. The summed E-state index contributed by atoms with van der Waals surface area (Å²) in [7, 11) is 0. The highest BCUT2D eigenvalue weighted by Gasteiger charge is 2.16. The molecule has 1 saturated heterocycles. The van der Waals surface area contributed by atoms with E-state index >= 15 is 0 Å². The minimum absolute atomic E-state index is 0.451. The Labute approximate surface area is 67.6 Å². The number of thioether (sulfide) groups is 1. The first-order chi connectivity index (χ1) is 4.70. The lowest BCUT2D eigenvalue weighted by atomic mass is 10.4. The number of hydrogen-bond donors (Lipinski definition) is 0. The fourth-order valence-electron chi connectivity index (χ4n) is 0.922. The molecule has 0 spiro atoms. The average molecular weight is 180 g/mol. The van der Waals surface area contributed by atoms with Gasteiger partial charge in [-0.2, -0.15) is 11.8 Å². The van der Waals surface area contributed by atoms with Crippen LogP contribution in [0, 0.1) is 0 Å². The molecule has 0 bridgehead atoms. The van der Waals surface area contributed by atoms with Crippen LogP contribution in [0.15, 0.2) is 0 Å². The second-order valence-electron chi connectivity index (χ2n) is 2.29. The SMILES string of the molecule is CC1CN(S(=O)[O-])CCS1. The molecule has 0 radical (unpaired) electrons. The number of rotatable bonds is 1. The highest BCUT2D eigenvalue weighted by atomic mass is 32.2. The van der Waals surface area contributed by atoms with Crippen molar-refractivity contribution in [3.8, 4) is 0 Å². The van der Waals surface area contributed by atoms with Crippen LogP contribution in [0.4, 0.5) is 0 Å². The van der Waals surface area contributed by atoms with Crippen molar-refractivity contribution in [3.05, 3.63) is 0 Å². The van der Waals surface area contributed by atoms with Crippen LogP contribution >= 0.6 is 11.8 Å². The summed E-state index contributed by atoms with van der Waals surface area (Å²) in [5.74, 6) is 0.926. The normalized spacial score (nSPS) is 32.0. The zero-order valence-electron chi connectivity index (χ0n) is 5.78. The average Bonchev–Trinajstić information content (AvgIpc) is 1.88. The first-order valence-corrected chi connectivity index (χ1v) is 5.24. The largest absolute Gasteiger partial charge is 0.760 e. The van der Waals surface area contributed by atoms with Gasteiger partial charge in [-0.3, -0.25) is 4.21 Å². The summed E-state index contributed by atoms with van der Waals surface area (Å²) >= 11 is -0.178. The Bertz CT molecular complexity index is 142. The summed E-state index contributed by atoms with van der Waals surface area (Å²) in [6.45, 7) is 3.38. The molecule has 5 heteroatoms. The van der Waals surface area contributed by atoms with E-state index in [-0.39, 0.29) is 0 Å². The zero-order chi connectivity index (χ0) is 7.56. The molecule has 1 fully saturated rings. The maximum Gasteiger partial charge on any atom is 0.0219 e. The second-order valence-corrected chi connectivity index (χ2v) is 4.78. The lowest BCUT2D eigenvalue weighted by molar-refractivity contribution is 0.398. The van der Waals surface area contributed by atoms with Gasteiger partial charge in [0.2, 0.25) is 0 Å². The summed E-state index contributed by atoms with van der Waals surface area (Å²) in [5, 5.41) is 0.451. The van der Waals surface area contributed by atoms with Crippen LogP contribution in [-0.2, 0) is 11.3 Å². The van der Waals surface area contributed by atoms with E-state index in [0.717, 1.165) is 5.75 Å². The third kappa shape index (κ3) is 2.23. The Kier molecular flexibility index (Phi) is 3.16. The molecule has 0 saturated carbocycles. The Morgan fingerprint density at radius 1 is 1.80 bits per heavy atom.